The molecule has 232 valence electrons. The number of nitrogens with one attached hydrogen (secondary N) is 1. The highest BCUT2D eigenvalue weighted by molar-refractivity contribution is 7.89. The van der Waals surface area contributed by atoms with Gasteiger partial charge in [0.05, 0.1) is 30.8 Å². The molecule has 0 bridgehead atoms. The molecule has 2 amide bonds. The Labute approximate surface area is 248 Å². The van der Waals surface area contributed by atoms with Crippen LogP contribution in [0.3, 0.4) is 0 Å². The van der Waals surface area contributed by atoms with E-state index in [1.807, 2.05) is 44.2 Å². The van der Waals surface area contributed by atoms with E-state index in [4.69, 9.17) is 14.2 Å². The van der Waals surface area contributed by atoms with E-state index in [0.29, 0.717) is 5.75 Å². The van der Waals surface area contributed by atoms with E-state index in [-0.39, 0.29) is 43.7 Å². The fourth-order valence-corrected chi connectivity index (χ4v) is 6.12. The van der Waals surface area contributed by atoms with E-state index >= 15 is 0 Å². The summed E-state index contributed by atoms with van der Waals surface area (Å²) in [6.45, 7) is 8.70. The summed E-state index contributed by atoms with van der Waals surface area (Å²) in [5, 5.41) is 14.4. The monoisotopic (exact) mass is 605 g/mol. The summed E-state index contributed by atoms with van der Waals surface area (Å²) in [5.41, 5.74) is 0.0732. The van der Waals surface area contributed by atoms with Crippen LogP contribution in [0.4, 0.5) is 4.79 Å². The van der Waals surface area contributed by atoms with E-state index < -0.39 is 45.8 Å². The molecule has 2 aromatic rings. The molecule has 0 spiro atoms. The van der Waals surface area contributed by atoms with E-state index in [9.17, 15) is 23.1 Å². The Bertz CT molecular complexity index is 1280. The molecular weight excluding hydrogens is 562 g/mol. The highest BCUT2D eigenvalue weighted by atomic mass is 32.2. The van der Waals surface area contributed by atoms with Crippen LogP contribution < -0.4 is 10.1 Å². The molecule has 0 saturated carbocycles. The lowest BCUT2D eigenvalue weighted by Crippen LogP contribution is -2.56. The predicted octanol–water partition coefficient (Wildman–Crippen LogP) is 3.02. The van der Waals surface area contributed by atoms with Gasteiger partial charge in [0.1, 0.15) is 24.1 Å². The quantitative estimate of drug-likeness (QED) is 0.377. The summed E-state index contributed by atoms with van der Waals surface area (Å²) in [5.74, 6) is -0.0523. The Balaban J connectivity index is 1.85. The number of aliphatic hydroxyl groups excluding tert-OH is 1. The lowest BCUT2D eigenvalue weighted by atomic mass is 10.0. The van der Waals surface area contributed by atoms with Gasteiger partial charge in [-0.15, -0.1) is 0 Å². The molecule has 0 aromatic heterocycles. The molecule has 42 heavy (non-hydrogen) atoms. The maximum atomic E-state index is 13.7. The molecule has 0 aliphatic carbocycles. The Kier molecular flexibility index (Phi) is 11.4. The van der Waals surface area contributed by atoms with Crippen LogP contribution in [-0.4, -0.2) is 92.1 Å². The number of amides is 2. The van der Waals surface area contributed by atoms with Gasteiger partial charge in [-0.3, -0.25) is 9.69 Å². The Morgan fingerprint density at radius 1 is 1.10 bits per heavy atom. The molecule has 1 heterocycles. The number of nitrogens with zero attached hydrogens (tertiary/aromatic N) is 2. The van der Waals surface area contributed by atoms with Gasteiger partial charge in [0.25, 0.3) is 0 Å². The minimum atomic E-state index is -3.99. The van der Waals surface area contributed by atoms with Gasteiger partial charge in [-0.2, -0.15) is 4.31 Å². The molecule has 2 aromatic carbocycles. The van der Waals surface area contributed by atoms with Crippen molar-refractivity contribution in [1.82, 2.24) is 14.5 Å². The fraction of sp³-hybridized carbons (Fsp3) is 0.533. The number of hydrogen-bond acceptors (Lipinski definition) is 8. The van der Waals surface area contributed by atoms with Gasteiger partial charge in [-0.25, -0.2) is 13.2 Å². The maximum Gasteiger partial charge on any atom is 0.412 e. The summed E-state index contributed by atoms with van der Waals surface area (Å²) in [6, 6.07) is 13.5. The first kappa shape index (κ1) is 33.3. The highest BCUT2D eigenvalue weighted by Gasteiger charge is 2.39. The smallest absolute Gasteiger partial charge is 0.412 e. The molecular formula is C30H43N3O8S. The van der Waals surface area contributed by atoms with Crippen LogP contribution in [0.5, 0.6) is 5.75 Å². The van der Waals surface area contributed by atoms with Crippen molar-refractivity contribution in [3.8, 4) is 5.75 Å². The zero-order chi connectivity index (χ0) is 31.1. The molecule has 0 unspecified atom stereocenters. The Hall–Kier alpha value is -3.19. The van der Waals surface area contributed by atoms with Crippen molar-refractivity contribution >= 4 is 22.0 Å². The first-order valence-electron chi connectivity index (χ1n) is 13.9. The lowest BCUT2D eigenvalue weighted by Gasteiger charge is -2.32. The first-order chi connectivity index (χ1) is 19.7. The van der Waals surface area contributed by atoms with Crippen LogP contribution in [0.2, 0.25) is 0 Å². The summed E-state index contributed by atoms with van der Waals surface area (Å²) in [4.78, 5) is 27.5. The van der Waals surface area contributed by atoms with Crippen LogP contribution in [-0.2, 0) is 30.7 Å². The minimum Gasteiger partial charge on any atom is -0.497 e. The molecule has 1 aliphatic heterocycles. The molecule has 2 N–H and O–H groups in total. The number of rotatable bonds is 12. The number of carbonyl (C=O) groups is 2. The molecule has 3 atom stereocenters. The second kappa shape index (κ2) is 14.3. The van der Waals surface area contributed by atoms with Crippen LogP contribution in [0.15, 0.2) is 59.5 Å². The third kappa shape index (κ3) is 9.15. The van der Waals surface area contributed by atoms with Crippen molar-refractivity contribution < 1.29 is 37.3 Å². The fourth-order valence-electron chi connectivity index (χ4n) is 4.50. The standard InChI is InChI=1S/C30H43N3O8S/c1-21(2)17-32(42(37,38)24-14-12-23(39-6)13-15-24)18-27(34)25(16-22-10-8-7-9-11-22)31-28(35)26-19-40-20-33(26)29(36)41-30(3,4)5/h7-15,21,25-27,34H,16-20H2,1-6H3,(H,31,35)/t25-,26-,27+/m0/s1. The van der Waals surface area contributed by atoms with Gasteiger partial charge in [0, 0.05) is 13.1 Å². The minimum absolute atomic E-state index is 0.0367. The SMILES string of the molecule is COc1ccc(S(=O)(=O)N(CC(C)C)C[C@@H](O)[C@H](Cc2ccccc2)NC(=O)[C@@H]2COCN2C(=O)OC(C)(C)C)cc1. The van der Waals surface area contributed by atoms with Gasteiger partial charge >= 0.3 is 6.09 Å². The van der Waals surface area contributed by atoms with Crippen LogP contribution in [0.1, 0.15) is 40.2 Å². The van der Waals surface area contributed by atoms with Crippen molar-refractivity contribution in [2.45, 2.75) is 69.7 Å². The van der Waals surface area contributed by atoms with Gasteiger partial charge in [0.2, 0.25) is 15.9 Å². The zero-order valence-electron chi connectivity index (χ0n) is 25.1. The average molecular weight is 606 g/mol. The summed E-state index contributed by atoms with van der Waals surface area (Å²) >= 11 is 0. The maximum absolute atomic E-state index is 13.7. The van der Waals surface area contributed by atoms with Crippen LogP contribution in [0, 0.1) is 5.92 Å². The second-order valence-corrected chi connectivity index (χ2v) is 13.7. The third-order valence-corrected chi connectivity index (χ3v) is 8.41. The van der Waals surface area contributed by atoms with Gasteiger partial charge < -0.3 is 24.6 Å². The van der Waals surface area contributed by atoms with Crippen LogP contribution in [0.25, 0.3) is 0 Å². The number of carbonyl (C=O) groups excluding carboxylic acids is 2. The Morgan fingerprint density at radius 3 is 2.31 bits per heavy atom. The van der Waals surface area contributed by atoms with Crippen LogP contribution >= 0.6 is 0 Å². The largest absolute Gasteiger partial charge is 0.497 e. The van der Waals surface area contributed by atoms with E-state index in [1.54, 1.807) is 32.9 Å². The highest BCUT2D eigenvalue weighted by Crippen LogP contribution is 2.22. The van der Waals surface area contributed by atoms with Crippen molar-refractivity contribution in [1.29, 1.82) is 0 Å². The molecule has 1 aliphatic rings. The second-order valence-electron chi connectivity index (χ2n) is 11.7. The van der Waals surface area contributed by atoms with Gasteiger partial charge in [-0.05, 0) is 62.9 Å². The average Bonchev–Trinajstić information content (AvgIpc) is 3.42. The van der Waals surface area contributed by atoms with Gasteiger partial charge in [0.15, 0.2) is 0 Å². The van der Waals surface area contributed by atoms with Crippen molar-refractivity contribution in [2.75, 3.05) is 33.5 Å². The predicted molar refractivity (Wildman–Crippen MR) is 157 cm³/mol. The normalized spacial score (nSPS) is 17.3. The van der Waals surface area contributed by atoms with Crippen molar-refractivity contribution in [3.05, 3.63) is 60.2 Å². The van der Waals surface area contributed by atoms with Gasteiger partial charge in [-0.1, -0.05) is 44.2 Å². The number of methoxy groups -OCH3 is 1. The number of ether oxygens (including phenoxy) is 3. The molecule has 11 nitrogen and oxygen atoms in total. The number of aliphatic hydroxyl groups is 1. The van der Waals surface area contributed by atoms with Crippen molar-refractivity contribution in [2.24, 2.45) is 5.92 Å². The van der Waals surface area contributed by atoms with Crippen molar-refractivity contribution in [3.63, 3.8) is 0 Å². The Morgan fingerprint density at radius 2 is 1.74 bits per heavy atom. The van der Waals surface area contributed by atoms with E-state index in [0.717, 1.165) is 5.56 Å². The molecule has 1 fully saturated rings. The molecule has 3 rings (SSSR count). The summed E-state index contributed by atoms with van der Waals surface area (Å²) in [6.07, 6.45) is -1.74. The van der Waals surface area contributed by atoms with E-state index in [1.165, 1.54) is 28.4 Å². The first-order valence-corrected chi connectivity index (χ1v) is 15.4. The third-order valence-electron chi connectivity index (χ3n) is 6.56. The molecule has 1 saturated heterocycles. The summed E-state index contributed by atoms with van der Waals surface area (Å²) < 4.78 is 44.6. The number of hydrogen-bond donors (Lipinski definition) is 2. The summed E-state index contributed by atoms with van der Waals surface area (Å²) in [7, 11) is -2.49. The molecule has 12 heteroatoms. The zero-order valence-corrected chi connectivity index (χ0v) is 26.0. The number of benzene rings is 2. The van der Waals surface area contributed by atoms with E-state index in [2.05, 4.69) is 5.32 Å². The topological polar surface area (TPSA) is 135 Å². The lowest BCUT2D eigenvalue weighted by molar-refractivity contribution is -0.126. The number of sulfonamides is 1. The molecule has 0 radical (unpaired) electrons.